The first-order chi connectivity index (χ1) is 7.93. The lowest BCUT2D eigenvalue weighted by Gasteiger charge is -2.07. The van der Waals surface area contributed by atoms with Crippen molar-refractivity contribution in [1.82, 2.24) is 9.78 Å². The van der Waals surface area contributed by atoms with Crippen LogP contribution in [0.15, 0.2) is 6.07 Å². The predicted octanol–water partition coefficient (Wildman–Crippen LogP) is 1.18. The molecule has 2 unspecified atom stereocenters. The van der Waals surface area contributed by atoms with Crippen LogP contribution in [0.4, 0.5) is 0 Å². The average molecular weight is 258 g/mol. The molecule has 0 saturated heterocycles. The van der Waals surface area contributed by atoms with E-state index in [1.54, 1.807) is 11.6 Å². The fourth-order valence-electron chi connectivity index (χ4n) is 1.56. The number of carboxylic acids is 1. The number of hydrogen-bond donors (Lipinski definition) is 1. The van der Waals surface area contributed by atoms with E-state index in [0.717, 1.165) is 17.9 Å². The van der Waals surface area contributed by atoms with Crippen LogP contribution in [0.1, 0.15) is 25.2 Å². The van der Waals surface area contributed by atoms with Gasteiger partial charge < -0.3 is 5.11 Å². The van der Waals surface area contributed by atoms with E-state index < -0.39 is 22.7 Å². The van der Waals surface area contributed by atoms with Gasteiger partial charge >= 0.3 is 5.97 Å². The van der Waals surface area contributed by atoms with Crippen molar-refractivity contribution in [3.05, 3.63) is 17.5 Å². The van der Waals surface area contributed by atoms with Gasteiger partial charge in [-0.05, 0) is 19.9 Å². The maximum atomic E-state index is 11.8. The highest BCUT2D eigenvalue weighted by Crippen LogP contribution is 2.09. The van der Waals surface area contributed by atoms with E-state index >= 15 is 0 Å². The molecule has 1 rings (SSSR count). The third-order valence-electron chi connectivity index (χ3n) is 2.45. The summed E-state index contributed by atoms with van der Waals surface area (Å²) in [6.45, 7) is 6.16. The molecule has 1 N–H and O–H groups in total. The van der Waals surface area contributed by atoms with Gasteiger partial charge in [0.25, 0.3) is 0 Å². The Balaban J connectivity index is 2.64. The van der Waals surface area contributed by atoms with E-state index in [1.165, 1.54) is 0 Å². The third kappa shape index (κ3) is 3.96. The van der Waals surface area contributed by atoms with Crippen LogP contribution in [-0.2, 0) is 27.9 Å². The first-order valence-electron chi connectivity index (χ1n) is 5.55. The fourth-order valence-corrected chi connectivity index (χ4v) is 2.94. The smallest absolute Gasteiger partial charge is 0.307 e. The normalized spacial score (nSPS) is 14.5. The molecule has 0 aliphatic carbocycles. The Morgan fingerprint density at radius 1 is 1.65 bits per heavy atom. The van der Waals surface area contributed by atoms with Gasteiger partial charge in [-0.3, -0.25) is 13.7 Å². The van der Waals surface area contributed by atoms with Crippen LogP contribution in [0, 0.1) is 12.8 Å². The van der Waals surface area contributed by atoms with Crippen molar-refractivity contribution in [3.63, 3.8) is 0 Å². The predicted molar refractivity (Wildman–Crippen MR) is 66.2 cm³/mol. The van der Waals surface area contributed by atoms with Crippen LogP contribution < -0.4 is 0 Å². The molecule has 0 aromatic carbocycles. The molecule has 0 radical (unpaired) electrons. The van der Waals surface area contributed by atoms with Gasteiger partial charge in [-0.25, -0.2) is 0 Å². The number of aromatic nitrogens is 2. The molecule has 1 aromatic rings. The Kier molecular flexibility index (Phi) is 4.86. The molecule has 0 bridgehead atoms. The van der Waals surface area contributed by atoms with Crippen molar-refractivity contribution in [2.75, 3.05) is 5.75 Å². The second kappa shape index (κ2) is 5.95. The summed E-state index contributed by atoms with van der Waals surface area (Å²) in [5, 5.41) is 13.0. The number of aliphatic carboxylic acids is 1. The van der Waals surface area contributed by atoms with Crippen LogP contribution >= 0.6 is 0 Å². The van der Waals surface area contributed by atoms with Crippen molar-refractivity contribution in [1.29, 1.82) is 0 Å². The van der Waals surface area contributed by atoms with Gasteiger partial charge in [0.05, 0.1) is 23.1 Å². The Hall–Kier alpha value is -1.17. The Labute approximate surface area is 103 Å². The van der Waals surface area contributed by atoms with E-state index in [9.17, 15) is 9.00 Å². The summed E-state index contributed by atoms with van der Waals surface area (Å²) < 4.78 is 13.6. The highest BCUT2D eigenvalue weighted by atomic mass is 32.2. The molecule has 5 nitrogen and oxygen atoms in total. The second-order valence-corrected chi connectivity index (χ2v) is 5.58. The second-order valence-electron chi connectivity index (χ2n) is 4.08. The summed E-state index contributed by atoms with van der Waals surface area (Å²) in [5.41, 5.74) is 1.80. The molecule has 2 atom stereocenters. The van der Waals surface area contributed by atoms with E-state index in [-0.39, 0.29) is 5.75 Å². The van der Waals surface area contributed by atoms with E-state index in [1.807, 2.05) is 19.9 Å². The first kappa shape index (κ1) is 13.9. The van der Waals surface area contributed by atoms with Crippen LogP contribution in [0.5, 0.6) is 0 Å². The molecule has 0 aliphatic rings. The van der Waals surface area contributed by atoms with E-state index in [2.05, 4.69) is 5.10 Å². The number of aryl methyl sites for hydroxylation is 2. The first-order valence-corrected chi connectivity index (χ1v) is 7.04. The molecule has 0 fully saturated rings. The molecule has 17 heavy (non-hydrogen) atoms. The summed E-state index contributed by atoms with van der Waals surface area (Å²) in [6.07, 6.45) is 0. The molecule has 96 valence electrons. The fraction of sp³-hybridized carbons (Fsp3) is 0.636. The van der Waals surface area contributed by atoms with Gasteiger partial charge in [0.1, 0.15) is 0 Å². The van der Waals surface area contributed by atoms with Crippen LogP contribution in [0.2, 0.25) is 0 Å². The molecule has 0 aliphatic heterocycles. The van der Waals surface area contributed by atoms with Gasteiger partial charge in [-0.2, -0.15) is 5.10 Å². The quantitative estimate of drug-likeness (QED) is 0.831. The third-order valence-corrected chi connectivity index (χ3v) is 3.94. The van der Waals surface area contributed by atoms with Crippen molar-refractivity contribution in [3.8, 4) is 0 Å². The van der Waals surface area contributed by atoms with Crippen LogP contribution in [0.25, 0.3) is 0 Å². The SMILES string of the molecule is CCn1nc(C)cc1CS(=O)CC(C)C(=O)O. The molecule has 1 aromatic heterocycles. The number of rotatable bonds is 6. The van der Waals surface area contributed by atoms with Crippen LogP contribution in [0.3, 0.4) is 0 Å². The maximum Gasteiger partial charge on any atom is 0.307 e. The molecule has 0 saturated carbocycles. The summed E-state index contributed by atoms with van der Waals surface area (Å²) in [4.78, 5) is 10.7. The molecule has 6 heteroatoms. The zero-order chi connectivity index (χ0) is 13.0. The molecule has 1 heterocycles. The molecule has 0 spiro atoms. The lowest BCUT2D eigenvalue weighted by atomic mass is 10.2. The summed E-state index contributed by atoms with van der Waals surface area (Å²) in [5.74, 6) is -0.927. The summed E-state index contributed by atoms with van der Waals surface area (Å²) in [7, 11) is -1.16. The molecular weight excluding hydrogens is 240 g/mol. The van der Waals surface area contributed by atoms with Gasteiger partial charge in [0, 0.05) is 23.1 Å². The van der Waals surface area contributed by atoms with Gasteiger partial charge in [-0.1, -0.05) is 6.92 Å². The monoisotopic (exact) mass is 258 g/mol. The molecule has 0 amide bonds. The van der Waals surface area contributed by atoms with Crippen molar-refractivity contribution in [2.24, 2.45) is 5.92 Å². The van der Waals surface area contributed by atoms with E-state index in [4.69, 9.17) is 5.11 Å². The minimum Gasteiger partial charge on any atom is -0.481 e. The number of nitrogens with zero attached hydrogens (tertiary/aromatic N) is 2. The van der Waals surface area contributed by atoms with Crippen molar-refractivity contribution in [2.45, 2.75) is 33.1 Å². The average Bonchev–Trinajstić information content (AvgIpc) is 2.58. The van der Waals surface area contributed by atoms with Gasteiger partial charge in [0.15, 0.2) is 0 Å². The van der Waals surface area contributed by atoms with Crippen molar-refractivity contribution >= 4 is 16.8 Å². The lowest BCUT2D eigenvalue weighted by Crippen LogP contribution is -2.19. The van der Waals surface area contributed by atoms with Gasteiger partial charge in [0.2, 0.25) is 0 Å². The van der Waals surface area contributed by atoms with E-state index in [0.29, 0.717) is 5.75 Å². The zero-order valence-electron chi connectivity index (χ0n) is 10.3. The summed E-state index contributed by atoms with van der Waals surface area (Å²) >= 11 is 0. The topological polar surface area (TPSA) is 72.2 Å². The largest absolute Gasteiger partial charge is 0.481 e. The lowest BCUT2D eigenvalue weighted by molar-refractivity contribution is -0.140. The highest BCUT2D eigenvalue weighted by Gasteiger charge is 2.16. The Morgan fingerprint density at radius 2 is 2.29 bits per heavy atom. The maximum absolute atomic E-state index is 11.8. The Morgan fingerprint density at radius 3 is 2.82 bits per heavy atom. The number of carboxylic acid groups (broad SMARTS) is 1. The van der Waals surface area contributed by atoms with Crippen LogP contribution in [-0.4, -0.2) is 30.8 Å². The number of carbonyl (C=O) groups is 1. The molecular formula is C11H18N2O3S. The minimum atomic E-state index is -1.16. The minimum absolute atomic E-state index is 0.184. The van der Waals surface area contributed by atoms with Crippen molar-refractivity contribution < 1.29 is 14.1 Å². The standard InChI is InChI=1S/C11H18N2O3S/c1-4-13-10(5-9(3)12-13)7-17(16)6-8(2)11(14)15/h5,8H,4,6-7H2,1-3H3,(H,14,15). The Bertz CT molecular complexity index is 428. The number of hydrogen-bond acceptors (Lipinski definition) is 3. The highest BCUT2D eigenvalue weighted by molar-refractivity contribution is 7.84. The zero-order valence-corrected chi connectivity index (χ0v) is 11.2. The summed E-state index contributed by atoms with van der Waals surface area (Å²) in [6, 6.07) is 1.90. The van der Waals surface area contributed by atoms with Gasteiger partial charge in [-0.15, -0.1) is 0 Å².